The van der Waals surface area contributed by atoms with Gasteiger partial charge in [0.05, 0.1) is 11.8 Å². The molecule has 0 bridgehead atoms. The Labute approximate surface area is 114 Å². The Bertz CT molecular complexity index is 616. The SMILES string of the molecule is Cc1ccc(F)c(NCC(O)c2cc(F)ccc2F)c1. The van der Waals surface area contributed by atoms with E-state index in [1.165, 1.54) is 6.07 Å². The summed E-state index contributed by atoms with van der Waals surface area (Å²) in [5.41, 5.74) is 0.895. The number of nitrogens with one attached hydrogen (secondary N) is 1. The van der Waals surface area contributed by atoms with E-state index in [0.29, 0.717) is 0 Å². The van der Waals surface area contributed by atoms with E-state index in [0.717, 1.165) is 23.8 Å². The summed E-state index contributed by atoms with van der Waals surface area (Å²) in [4.78, 5) is 0. The van der Waals surface area contributed by atoms with Crippen LogP contribution in [0.25, 0.3) is 0 Å². The molecule has 2 nitrogen and oxygen atoms in total. The molecule has 0 spiro atoms. The summed E-state index contributed by atoms with van der Waals surface area (Å²) in [6, 6.07) is 7.33. The smallest absolute Gasteiger partial charge is 0.146 e. The van der Waals surface area contributed by atoms with Gasteiger partial charge in [0, 0.05) is 12.1 Å². The van der Waals surface area contributed by atoms with Gasteiger partial charge < -0.3 is 10.4 Å². The zero-order valence-electron chi connectivity index (χ0n) is 10.8. The van der Waals surface area contributed by atoms with Crippen LogP contribution in [0, 0.1) is 24.4 Å². The predicted molar refractivity (Wildman–Crippen MR) is 70.9 cm³/mol. The van der Waals surface area contributed by atoms with Gasteiger partial charge in [-0.2, -0.15) is 0 Å². The van der Waals surface area contributed by atoms with Crippen LogP contribution in [0.4, 0.5) is 18.9 Å². The van der Waals surface area contributed by atoms with Gasteiger partial charge in [-0.3, -0.25) is 0 Å². The Balaban J connectivity index is 2.10. The van der Waals surface area contributed by atoms with Gasteiger partial charge in [-0.05, 0) is 42.8 Å². The molecule has 0 aliphatic carbocycles. The Morgan fingerprint density at radius 3 is 2.50 bits per heavy atom. The third-order valence-electron chi connectivity index (χ3n) is 2.92. The highest BCUT2D eigenvalue weighted by Gasteiger charge is 2.14. The van der Waals surface area contributed by atoms with Crippen LogP contribution in [0.3, 0.4) is 0 Å². The van der Waals surface area contributed by atoms with Crippen molar-refractivity contribution in [3.8, 4) is 0 Å². The third kappa shape index (κ3) is 3.30. The molecular formula is C15H14F3NO. The van der Waals surface area contributed by atoms with E-state index >= 15 is 0 Å². The van der Waals surface area contributed by atoms with Crippen LogP contribution >= 0.6 is 0 Å². The maximum absolute atomic E-state index is 13.5. The van der Waals surface area contributed by atoms with Crippen LogP contribution in [0.2, 0.25) is 0 Å². The van der Waals surface area contributed by atoms with Crippen molar-refractivity contribution < 1.29 is 18.3 Å². The first-order valence-corrected chi connectivity index (χ1v) is 6.10. The monoisotopic (exact) mass is 281 g/mol. The molecule has 1 unspecified atom stereocenters. The first-order valence-electron chi connectivity index (χ1n) is 6.10. The van der Waals surface area contributed by atoms with Gasteiger partial charge in [-0.25, -0.2) is 13.2 Å². The second-order valence-corrected chi connectivity index (χ2v) is 4.55. The van der Waals surface area contributed by atoms with Crippen molar-refractivity contribution in [1.29, 1.82) is 0 Å². The lowest BCUT2D eigenvalue weighted by Gasteiger charge is -2.15. The maximum Gasteiger partial charge on any atom is 0.146 e. The number of aliphatic hydroxyl groups excluding tert-OH is 1. The molecule has 5 heteroatoms. The van der Waals surface area contributed by atoms with E-state index in [9.17, 15) is 18.3 Å². The van der Waals surface area contributed by atoms with Gasteiger partial charge in [-0.1, -0.05) is 6.07 Å². The summed E-state index contributed by atoms with van der Waals surface area (Å²) in [5.74, 6) is -1.81. The summed E-state index contributed by atoms with van der Waals surface area (Å²) in [6.45, 7) is 1.67. The second-order valence-electron chi connectivity index (χ2n) is 4.55. The summed E-state index contributed by atoms with van der Waals surface area (Å²) in [5, 5.41) is 12.5. The quantitative estimate of drug-likeness (QED) is 0.898. The number of aryl methyl sites for hydroxylation is 1. The molecule has 0 fully saturated rings. The second kappa shape index (κ2) is 5.96. The molecular weight excluding hydrogens is 267 g/mol. The number of anilines is 1. The van der Waals surface area contributed by atoms with E-state index in [1.54, 1.807) is 19.1 Å². The lowest BCUT2D eigenvalue weighted by atomic mass is 10.1. The van der Waals surface area contributed by atoms with E-state index < -0.39 is 23.6 Å². The van der Waals surface area contributed by atoms with Crippen molar-refractivity contribution in [2.75, 3.05) is 11.9 Å². The number of halogens is 3. The average molecular weight is 281 g/mol. The lowest BCUT2D eigenvalue weighted by molar-refractivity contribution is 0.186. The number of benzene rings is 2. The molecule has 20 heavy (non-hydrogen) atoms. The van der Waals surface area contributed by atoms with Gasteiger partial charge in [-0.15, -0.1) is 0 Å². The Hall–Kier alpha value is -2.01. The zero-order valence-corrected chi connectivity index (χ0v) is 10.8. The first-order chi connectivity index (χ1) is 9.47. The van der Waals surface area contributed by atoms with Crippen LogP contribution < -0.4 is 5.32 Å². The van der Waals surface area contributed by atoms with Gasteiger partial charge in [0.2, 0.25) is 0 Å². The molecule has 2 aromatic carbocycles. The largest absolute Gasteiger partial charge is 0.386 e. The average Bonchev–Trinajstić information content (AvgIpc) is 2.42. The minimum atomic E-state index is -1.27. The fourth-order valence-corrected chi connectivity index (χ4v) is 1.86. The van der Waals surface area contributed by atoms with Crippen molar-refractivity contribution in [2.45, 2.75) is 13.0 Å². The molecule has 0 heterocycles. The molecule has 0 aromatic heterocycles. The van der Waals surface area contributed by atoms with E-state index in [4.69, 9.17) is 0 Å². The zero-order chi connectivity index (χ0) is 14.7. The third-order valence-corrected chi connectivity index (χ3v) is 2.92. The minimum absolute atomic E-state index is 0.124. The summed E-state index contributed by atoms with van der Waals surface area (Å²) >= 11 is 0. The van der Waals surface area contributed by atoms with Gasteiger partial charge >= 0.3 is 0 Å². The molecule has 0 saturated carbocycles. The highest BCUT2D eigenvalue weighted by Crippen LogP contribution is 2.21. The van der Waals surface area contributed by atoms with Crippen LogP contribution in [0.5, 0.6) is 0 Å². The molecule has 0 amide bonds. The van der Waals surface area contributed by atoms with E-state index in [-0.39, 0.29) is 17.8 Å². The van der Waals surface area contributed by atoms with Crippen molar-refractivity contribution in [3.05, 3.63) is 65.0 Å². The number of hydrogen-bond donors (Lipinski definition) is 2. The molecule has 2 N–H and O–H groups in total. The van der Waals surface area contributed by atoms with Gasteiger partial charge in [0.1, 0.15) is 17.5 Å². The number of aliphatic hydroxyl groups is 1. The Morgan fingerprint density at radius 2 is 1.75 bits per heavy atom. The van der Waals surface area contributed by atoms with Crippen LogP contribution in [0.1, 0.15) is 17.2 Å². The molecule has 1 atom stereocenters. The fraction of sp³-hybridized carbons (Fsp3) is 0.200. The summed E-state index contributed by atoms with van der Waals surface area (Å²) in [7, 11) is 0. The van der Waals surface area contributed by atoms with Crippen molar-refractivity contribution in [2.24, 2.45) is 0 Å². The molecule has 106 valence electrons. The maximum atomic E-state index is 13.5. The summed E-state index contributed by atoms with van der Waals surface area (Å²) in [6.07, 6.45) is -1.27. The topological polar surface area (TPSA) is 32.3 Å². The summed E-state index contributed by atoms with van der Waals surface area (Å²) < 4.78 is 40.0. The molecule has 0 aliphatic rings. The molecule has 2 aromatic rings. The highest BCUT2D eigenvalue weighted by atomic mass is 19.1. The van der Waals surface area contributed by atoms with E-state index in [2.05, 4.69) is 5.32 Å². The normalized spacial score (nSPS) is 12.2. The predicted octanol–water partition coefficient (Wildman–Crippen LogP) is 3.56. The molecule has 0 aliphatic heterocycles. The van der Waals surface area contributed by atoms with Crippen molar-refractivity contribution in [3.63, 3.8) is 0 Å². The first kappa shape index (κ1) is 14.4. The van der Waals surface area contributed by atoms with Crippen LogP contribution in [-0.4, -0.2) is 11.7 Å². The van der Waals surface area contributed by atoms with Crippen LogP contribution in [-0.2, 0) is 0 Å². The standard InChI is InChI=1S/C15H14F3NO/c1-9-2-4-13(18)14(6-9)19-8-15(20)11-7-10(16)3-5-12(11)17/h2-7,15,19-20H,8H2,1H3. The lowest BCUT2D eigenvalue weighted by Crippen LogP contribution is -2.14. The van der Waals surface area contributed by atoms with Gasteiger partial charge in [0.25, 0.3) is 0 Å². The number of rotatable bonds is 4. The highest BCUT2D eigenvalue weighted by molar-refractivity contribution is 5.47. The van der Waals surface area contributed by atoms with Crippen LogP contribution in [0.15, 0.2) is 36.4 Å². The van der Waals surface area contributed by atoms with Gasteiger partial charge in [0.15, 0.2) is 0 Å². The molecule has 2 rings (SSSR count). The molecule has 0 radical (unpaired) electrons. The minimum Gasteiger partial charge on any atom is -0.386 e. The fourth-order valence-electron chi connectivity index (χ4n) is 1.86. The number of hydrogen-bond acceptors (Lipinski definition) is 2. The van der Waals surface area contributed by atoms with Crippen molar-refractivity contribution >= 4 is 5.69 Å². The van der Waals surface area contributed by atoms with E-state index in [1.807, 2.05) is 0 Å². The Kier molecular flexibility index (Phi) is 4.29. The molecule has 0 saturated heterocycles. The Morgan fingerprint density at radius 1 is 1.05 bits per heavy atom. The van der Waals surface area contributed by atoms with Crippen molar-refractivity contribution in [1.82, 2.24) is 0 Å².